The van der Waals surface area contributed by atoms with Crippen LogP contribution in [0.1, 0.15) is 32.6 Å². The molecule has 1 saturated carbocycles. The molecule has 2 atom stereocenters. The molecule has 2 unspecified atom stereocenters. The second-order valence-electron chi connectivity index (χ2n) is 6.51. The third kappa shape index (κ3) is 3.27. The lowest BCUT2D eigenvalue weighted by molar-refractivity contribution is 0.0605. The number of likely N-dealkylation sites (tertiary alicyclic amines) is 1. The van der Waals surface area contributed by atoms with Crippen LogP contribution in [0.25, 0.3) is 0 Å². The Morgan fingerprint density at radius 3 is 2.56 bits per heavy atom. The number of hydrogen-bond acceptors (Lipinski definition) is 3. The Bertz CT molecular complexity index is 288. The third-order valence-corrected chi connectivity index (χ3v) is 4.72. The van der Waals surface area contributed by atoms with Gasteiger partial charge in [-0.1, -0.05) is 13.5 Å². The molecule has 1 aliphatic carbocycles. The average molecular weight is 251 g/mol. The maximum atomic E-state index is 5.89. The Morgan fingerprint density at radius 1 is 1.44 bits per heavy atom. The number of nitrogens with zero attached hydrogens (tertiary/aromatic N) is 1. The van der Waals surface area contributed by atoms with Crippen molar-refractivity contribution in [2.75, 3.05) is 33.2 Å². The van der Waals surface area contributed by atoms with Crippen LogP contribution in [-0.4, -0.2) is 38.1 Å². The molecule has 3 N–H and O–H groups in total. The molecule has 2 rings (SSSR count). The summed E-state index contributed by atoms with van der Waals surface area (Å²) in [6, 6.07) is 0. The van der Waals surface area contributed by atoms with E-state index in [1.807, 2.05) is 7.05 Å². The minimum atomic E-state index is 0.486. The Morgan fingerprint density at radius 2 is 2.11 bits per heavy atom. The smallest absolute Gasteiger partial charge is 0.00506 e. The molecule has 1 heterocycles. The molecule has 0 bridgehead atoms. The molecule has 18 heavy (non-hydrogen) atoms. The SMILES string of the molecule is C=C(N)C(CC)CC(CNC)CN1CC2(CC2)C1. The monoisotopic (exact) mass is 251 g/mol. The van der Waals surface area contributed by atoms with Crippen molar-refractivity contribution in [3.8, 4) is 0 Å². The second kappa shape index (κ2) is 5.62. The molecular weight excluding hydrogens is 222 g/mol. The Balaban J connectivity index is 1.77. The van der Waals surface area contributed by atoms with Gasteiger partial charge in [0.05, 0.1) is 0 Å². The number of rotatable bonds is 8. The molecule has 0 aromatic rings. The molecule has 3 nitrogen and oxygen atoms in total. The lowest BCUT2D eigenvalue weighted by atomic mass is 9.88. The van der Waals surface area contributed by atoms with E-state index in [1.54, 1.807) is 0 Å². The van der Waals surface area contributed by atoms with Crippen LogP contribution in [0.2, 0.25) is 0 Å². The van der Waals surface area contributed by atoms with E-state index in [2.05, 4.69) is 23.7 Å². The first-order chi connectivity index (χ1) is 8.58. The Labute approximate surface area is 112 Å². The van der Waals surface area contributed by atoms with Crippen molar-refractivity contribution in [3.63, 3.8) is 0 Å². The van der Waals surface area contributed by atoms with Crippen molar-refractivity contribution < 1.29 is 0 Å². The van der Waals surface area contributed by atoms with Crippen LogP contribution in [0.5, 0.6) is 0 Å². The normalized spacial score (nSPS) is 24.6. The molecule has 0 amide bonds. The van der Waals surface area contributed by atoms with Crippen molar-refractivity contribution in [1.29, 1.82) is 0 Å². The van der Waals surface area contributed by atoms with Gasteiger partial charge in [-0.25, -0.2) is 0 Å². The quantitative estimate of drug-likeness (QED) is 0.691. The van der Waals surface area contributed by atoms with Crippen LogP contribution >= 0.6 is 0 Å². The van der Waals surface area contributed by atoms with Crippen LogP contribution in [0.4, 0.5) is 0 Å². The summed E-state index contributed by atoms with van der Waals surface area (Å²) in [6.07, 6.45) is 5.23. The van der Waals surface area contributed by atoms with Crippen molar-refractivity contribution in [2.45, 2.75) is 32.6 Å². The summed E-state index contributed by atoms with van der Waals surface area (Å²) >= 11 is 0. The zero-order chi connectivity index (χ0) is 13.2. The Hall–Kier alpha value is -0.540. The predicted molar refractivity (Wildman–Crippen MR) is 77.2 cm³/mol. The lowest BCUT2D eigenvalue weighted by Crippen LogP contribution is -2.51. The van der Waals surface area contributed by atoms with Crippen molar-refractivity contribution in [1.82, 2.24) is 10.2 Å². The first kappa shape index (κ1) is 13.9. The highest BCUT2D eigenvalue weighted by Crippen LogP contribution is 2.52. The third-order valence-electron chi connectivity index (χ3n) is 4.72. The van der Waals surface area contributed by atoms with E-state index in [9.17, 15) is 0 Å². The largest absolute Gasteiger partial charge is 0.402 e. The average Bonchev–Trinajstić information content (AvgIpc) is 3.05. The summed E-state index contributed by atoms with van der Waals surface area (Å²) in [6.45, 7) is 11.1. The zero-order valence-corrected chi connectivity index (χ0v) is 12.0. The molecule has 1 aliphatic heterocycles. The lowest BCUT2D eigenvalue weighted by Gasteiger charge is -2.42. The van der Waals surface area contributed by atoms with Gasteiger partial charge in [-0.05, 0) is 56.5 Å². The summed E-state index contributed by atoms with van der Waals surface area (Å²) in [4.78, 5) is 2.63. The van der Waals surface area contributed by atoms with E-state index in [4.69, 9.17) is 5.73 Å². The first-order valence-corrected chi connectivity index (χ1v) is 7.40. The first-order valence-electron chi connectivity index (χ1n) is 7.40. The summed E-state index contributed by atoms with van der Waals surface area (Å²) in [5, 5.41) is 3.33. The van der Waals surface area contributed by atoms with Gasteiger partial charge < -0.3 is 16.0 Å². The van der Waals surface area contributed by atoms with Gasteiger partial charge >= 0.3 is 0 Å². The summed E-state index contributed by atoms with van der Waals surface area (Å²) in [5.74, 6) is 1.19. The van der Waals surface area contributed by atoms with Crippen molar-refractivity contribution in [2.24, 2.45) is 23.0 Å². The van der Waals surface area contributed by atoms with Gasteiger partial charge in [0.25, 0.3) is 0 Å². The number of allylic oxidation sites excluding steroid dienone is 1. The summed E-state index contributed by atoms with van der Waals surface area (Å²) in [5.41, 5.74) is 7.53. The minimum absolute atomic E-state index is 0.486. The van der Waals surface area contributed by atoms with E-state index >= 15 is 0 Å². The fraction of sp³-hybridized carbons (Fsp3) is 0.867. The molecule has 1 saturated heterocycles. The van der Waals surface area contributed by atoms with Gasteiger partial charge in [0.15, 0.2) is 0 Å². The van der Waals surface area contributed by atoms with Crippen LogP contribution in [0.3, 0.4) is 0 Å². The molecule has 104 valence electrons. The molecule has 0 radical (unpaired) electrons. The van der Waals surface area contributed by atoms with Gasteiger partial charge in [0.1, 0.15) is 0 Å². The highest BCUT2D eigenvalue weighted by Gasteiger charge is 2.52. The zero-order valence-electron chi connectivity index (χ0n) is 12.0. The molecule has 2 aliphatic rings. The van der Waals surface area contributed by atoms with E-state index in [-0.39, 0.29) is 0 Å². The minimum Gasteiger partial charge on any atom is -0.402 e. The van der Waals surface area contributed by atoms with E-state index in [0.717, 1.165) is 24.1 Å². The standard InChI is InChI=1S/C15H29N3/c1-4-14(12(2)16)7-13(8-17-3)9-18-10-15(11-18)5-6-15/h13-14,17H,2,4-11,16H2,1,3H3. The molecule has 0 aromatic heterocycles. The van der Waals surface area contributed by atoms with Crippen LogP contribution in [0, 0.1) is 17.3 Å². The van der Waals surface area contributed by atoms with Gasteiger partial charge in [-0.15, -0.1) is 0 Å². The van der Waals surface area contributed by atoms with Gasteiger partial charge in [-0.2, -0.15) is 0 Å². The van der Waals surface area contributed by atoms with Gasteiger partial charge in [-0.3, -0.25) is 0 Å². The van der Waals surface area contributed by atoms with Crippen molar-refractivity contribution >= 4 is 0 Å². The maximum absolute atomic E-state index is 5.89. The van der Waals surface area contributed by atoms with Crippen LogP contribution in [-0.2, 0) is 0 Å². The topological polar surface area (TPSA) is 41.3 Å². The van der Waals surface area contributed by atoms with Gasteiger partial charge in [0.2, 0.25) is 0 Å². The summed E-state index contributed by atoms with van der Waals surface area (Å²) in [7, 11) is 2.05. The second-order valence-corrected chi connectivity index (χ2v) is 6.51. The predicted octanol–water partition coefficient (Wildman–Crippen LogP) is 1.81. The van der Waals surface area contributed by atoms with E-state index < -0.39 is 0 Å². The Kier molecular flexibility index (Phi) is 4.33. The van der Waals surface area contributed by atoms with Gasteiger partial charge in [0, 0.05) is 25.3 Å². The number of nitrogens with two attached hydrogens (primary N) is 1. The number of nitrogens with one attached hydrogen (secondary N) is 1. The van der Waals surface area contributed by atoms with E-state index in [1.165, 1.54) is 38.9 Å². The molecule has 2 fully saturated rings. The molecule has 0 aromatic carbocycles. The molecule has 3 heteroatoms. The van der Waals surface area contributed by atoms with E-state index in [0.29, 0.717) is 11.8 Å². The fourth-order valence-electron chi connectivity index (χ4n) is 3.38. The highest BCUT2D eigenvalue weighted by molar-refractivity contribution is 5.05. The van der Waals surface area contributed by atoms with Crippen LogP contribution in [0.15, 0.2) is 12.3 Å². The number of hydrogen-bond donors (Lipinski definition) is 2. The fourth-order valence-corrected chi connectivity index (χ4v) is 3.38. The summed E-state index contributed by atoms with van der Waals surface area (Å²) < 4.78 is 0. The maximum Gasteiger partial charge on any atom is 0.00506 e. The van der Waals surface area contributed by atoms with Crippen molar-refractivity contribution in [3.05, 3.63) is 12.3 Å². The molecular formula is C15H29N3. The van der Waals surface area contributed by atoms with Crippen LogP contribution < -0.4 is 11.1 Å². The molecule has 1 spiro atoms. The highest BCUT2D eigenvalue weighted by atomic mass is 15.2.